The van der Waals surface area contributed by atoms with Crippen molar-refractivity contribution in [2.24, 2.45) is 0 Å². The molecule has 0 saturated heterocycles. The number of hydrogen-bond acceptors (Lipinski definition) is 8. The average Bonchev–Trinajstić information content (AvgIpc) is 2.83. The fraction of sp³-hybridized carbons (Fsp3) is 0. The van der Waals surface area contributed by atoms with Crippen LogP contribution in [-0.4, -0.2) is 23.9 Å². The largest absolute Gasteiger partial charge is 0.423 e. The number of carbonyl (C=O) groups is 4. The summed E-state index contributed by atoms with van der Waals surface area (Å²) in [5.41, 5.74) is 0.855. The van der Waals surface area contributed by atoms with Gasteiger partial charge >= 0.3 is 23.9 Å². The number of hydrogen-bond donors (Lipinski definition) is 0. The normalized spacial score (nSPS) is 10.0. The molecule has 0 radical (unpaired) electrons. The van der Waals surface area contributed by atoms with Gasteiger partial charge in [-0.2, -0.15) is 0 Å². The van der Waals surface area contributed by atoms with Crippen LogP contribution < -0.4 is 18.9 Å². The molecule has 0 N–H and O–H groups in total. The molecule has 0 bridgehead atoms. The quantitative estimate of drug-likeness (QED) is 0.225. The smallest absolute Gasteiger partial charge is 0.335 e. The minimum atomic E-state index is -0.726. The van der Waals surface area contributed by atoms with Crippen molar-refractivity contribution in [1.29, 1.82) is 0 Å². The summed E-state index contributed by atoms with van der Waals surface area (Å²) < 4.78 is 20.6. The fourth-order valence-electron chi connectivity index (χ4n) is 2.40. The second kappa shape index (κ2) is 12.2. The zero-order chi connectivity index (χ0) is 25.1. The van der Waals surface area contributed by atoms with Gasteiger partial charge in [-0.3, -0.25) is 0 Å². The van der Waals surface area contributed by atoms with E-state index in [1.807, 2.05) is 0 Å². The van der Waals surface area contributed by atoms with Crippen LogP contribution in [0.15, 0.2) is 87.0 Å². The Labute approximate surface area is 195 Å². The van der Waals surface area contributed by atoms with Crippen molar-refractivity contribution in [3.63, 3.8) is 0 Å². The molecule has 0 fully saturated rings. The maximum Gasteiger partial charge on any atom is 0.335 e. The van der Waals surface area contributed by atoms with Crippen LogP contribution >= 0.6 is 0 Å². The number of benzene rings is 2. The maximum absolute atomic E-state index is 11.8. The van der Waals surface area contributed by atoms with Gasteiger partial charge in [0.1, 0.15) is 23.0 Å². The molecule has 0 aliphatic rings. The lowest BCUT2D eigenvalue weighted by Crippen LogP contribution is -2.07. The molecule has 0 spiro atoms. The van der Waals surface area contributed by atoms with Gasteiger partial charge in [-0.1, -0.05) is 38.5 Å². The first-order chi connectivity index (χ1) is 16.3. The van der Waals surface area contributed by atoms with Crippen molar-refractivity contribution >= 4 is 36.0 Å². The molecule has 0 saturated carbocycles. The van der Waals surface area contributed by atoms with Crippen LogP contribution in [0.3, 0.4) is 0 Å². The maximum atomic E-state index is 11.8. The second-order valence-corrected chi connectivity index (χ2v) is 6.23. The molecule has 0 unspecified atom stereocenters. The monoisotopic (exact) mass is 460 g/mol. The van der Waals surface area contributed by atoms with E-state index in [9.17, 15) is 19.2 Å². The highest BCUT2D eigenvalue weighted by molar-refractivity contribution is 5.88. The van der Waals surface area contributed by atoms with E-state index in [0.717, 1.165) is 24.3 Å². The molecular formula is C26H20O8. The molecule has 34 heavy (non-hydrogen) atoms. The molecule has 0 aromatic heterocycles. The van der Waals surface area contributed by atoms with Gasteiger partial charge in [-0.25, -0.2) is 19.2 Å². The van der Waals surface area contributed by atoms with E-state index < -0.39 is 23.9 Å². The average molecular weight is 460 g/mol. The van der Waals surface area contributed by atoms with Gasteiger partial charge in [0.15, 0.2) is 0 Å². The molecule has 2 aromatic rings. The van der Waals surface area contributed by atoms with E-state index in [1.54, 1.807) is 24.3 Å². The first-order valence-electron chi connectivity index (χ1n) is 9.62. The fourth-order valence-corrected chi connectivity index (χ4v) is 2.40. The van der Waals surface area contributed by atoms with Gasteiger partial charge in [0.05, 0.1) is 0 Å². The van der Waals surface area contributed by atoms with Gasteiger partial charge in [0.2, 0.25) is 0 Å². The molecule has 8 nitrogen and oxygen atoms in total. The summed E-state index contributed by atoms with van der Waals surface area (Å²) in [5, 5.41) is 0. The Kier molecular flexibility index (Phi) is 9.04. The summed E-state index contributed by atoms with van der Waals surface area (Å²) in [5.74, 6) is -2.41. The number of carbonyl (C=O) groups excluding carboxylic acids is 4. The molecule has 8 heteroatoms. The van der Waals surface area contributed by atoms with E-state index in [1.165, 1.54) is 24.3 Å². The van der Waals surface area contributed by atoms with Crippen LogP contribution in [0, 0.1) is 0 Å². The van der Waals surface area contributed by atoms with E-state index >= 15 is 0 Å². The lowest BCUT2D eigenvalue weighted by molar-refractivity contribution is -0.130. The predicted molar refractivity (Wildman–Crippen MR) is 125 cm³/mol. The molecule has 0 aliphatic carbocycles. The van der Waals surface area contributed by atoms with Crippen molar-refractivity contribution in [1.82, 2.24) is 0 Å². The van der Waals surface area contributed by atoms with Gasteiger partial charge in [0.25, 0.3) is 0 Å². The van der Waals surface area contributed by atoms with Crippen molar-refractivity contribution in [3.05, 3.63) is 98.1 Å². The third-order valence-electron chi connectivity index (χ3n) is 3.94. The van der Waals surface area contributed by atoms with Gasteiger partial charge < -0.3 is 18.9 Å². The summed E-state index contributed by atoms with van der Waals surface area (Å²) in [6, 6.07) is 8.76. The van der Waals surface area contributed by atoms with Crippen LogP contribution in [0.5, 0.6) is 23.0 Å². The van der Waals surface area contributed by atoms with Gasteiger partial charge in [-0.05, 0) is 24.3 Å². The Morgan fingerprint density at radius 2 is 0.853 bits per heavy atom. The minimum Gasteiger partial charge on any atom is -0.423 e. The van der Waals surface area contributed by atoms with Crippen LogP contribution in [0.1, 0.15) is 11.1 Å². The Hall–Kier alpha value is -4.98. The van der Waals surface area contributed by atoms with E-state index in [4.69, 9.17) is 18.9 Å². The minimum absolute atomic E-state index is 0.0803. The molecule has 172 valence electrons. The highest BCUT2D eigenvalue weighted by Gasteiger charge is 2.12. The van der Waals surface area contributed by atoms with Crippen molar-refractivity contribution < 1.29 is 38.1 Å². The topological polar surface area (TPSA) is 105 Å². The first-order valence-corrected chi connectivity index (χ1v) is 9.62. The molecule has 0 aliphatic heterocycles. The molecule has 2 rings (SSSR count). The number of rotatable bonds is 10. The zero-order valence-electron chi connectivity index (χ0n) is 18.0. The Bertz CT molecular complexity index is 1110. The third-order valence-corrected chi connectivity index (χ3v) is 3.94. The number of ether oxygens (including phenoxy) is 4. The molecule has 0 amide bonds. The zero-order valence-corrected chi connectivity index (χ0v) is 18.0. The second-order valence-electron chi connectivity index (χ2n) is 6.23. The summed E-state index contributed by atoms with van der Waals surface area (Å²) in [6.07, 6.45) is 7.08. The van der Waals surface area contributed by atoms with Crippen LogP contribution in [0.25, 0.3) is 12.2 Å². The number of esters is 4. The van der Waals surface area contributed by atoms with Crippen molar-refractivity contribution in [2.45, 2.75) is 0 Å². The SMILES string of the molecule is C=CC(=O)Oc1ccc(C=Cc2ccc(OC(=O)C=C)cc2OC(=O)C=C)c(OC(=O)C=C)c1. The third kappa shape index (κ3) is 7.31. The lowest BCUT2D eigenvalue weighted by Gasteiger charge is -2.10. The summed E-state index contributed by atoms with van der Waals surface area (Å²) >= 11 is 0. The van der Waals surface area contributed by atoms with Crippen molar-refractivity contribution in [3.8, 4) is 23.0 Å². The van der Waals surface area contributed by atoms with E-state index in [0.29, 0.717) is 11.1 Å². The van der Waals surface area contributed by atoms with Crippen molar-refractivity contribution in [2.75, 3.05) is 0 Å². The summed E-state index contributed by atoms with van der Waals surface area (Å²) in [7, 11) is 0. The Balaban J connectivity index is 2.46. The van der Waals surface area contributed by atoms with E-state index in [-0.39, 0.29) is 23.0 Å². The Morgan fingerprint density at radius 3 is 1.18 bits per heavy atom. The summed E-state index contributed by atoms with van der Waals surface area (Å²) in [6.45, 7) is 13.4. The Morgan fingerprint density at radius 1 is 0.529 bits per heavy atom. The molecule has 0 atom stereocenters. The summed E-state index contributed by atoms with van der Waals surface area (Å²) in [4.78, 5) is 46.4. The van der Waals surface area contributed by atoms with Crippen LogP contribution in [0.4, 0.5) is 0 Å². The predicted octanol–water partition coefficient (Wildman–Crippen LogP) is 4.22. The van der Waals surface area contributed by atoms with Crippen LogP contribution in [0.2, 0.25) is 0 Å². The molecular weight excluding hydrogens is 440 g/mol. The standard InChI is InChI=1S/C26H20O8/c1-5-23(27)31-19-13-11-17(21(15-19)33-25(29)7-3)9-10-18-12-14-20(32-24(28)6-2)16-22(18)34-26(30)8-4/h5-16H,1-4H2. The highest BCUT2D eigenvalue weighted by Crippen LogP contribution is 2.30. The first kappa shape index (κ1) is 25.3. The molecule has 0 heterocycles. The highest BCUT2D eigenvalue weighted by atomic mass is 16.6. The van der Waals surface area contributed by atoms with E-state index in [2.05, 4.69) is 26.3 Å². The van der Waals surface area contributed by atoms with Gasteiger partial charge in [0, 0.05) is 47.6 Å². The molecule has 2 aromatic carbocycles. The van der Waals surface area contributed by atoms with Gasteiger partial charge in [-0.15, -0.1) is 0 Å². The van der Waals surface area contributed by atoms with Crippen LogP contribution in [-0.2, 0) is 19.2 Å². The lowest BCUT2D eigenvalue weighted by atomic mass is 10.1.